The lowest BCUT2D eigenvalue weighted by Crippen LogP contribution is -2.38. The Labute approximate surface area is 175 Å². The van der Waals surface area contributed by atoms with Crippen LogP contribution in [0.4, 0.5) is 26.3 Å². The van der Waals surface area contributed by atoms with E-state index in [0.29, 0.717) is 18.6 Å². The first-order chi connectivity index (χ1) is 14.5. The predicted molar refractivity (Wildman–Crippen MR) is 99.0 cm³/mol. The van der Waals surface area contributed by atoms with Crippen LogP contribution in [0.2, 0.25) is 0 Å². The zero-order valence-electron chi connectivity index (χ0n) is 16.4. The summed E-state index contributed by atoms with van der Waals surface area (Å²) >= 11 is 0. The van der Waals surface area contributed by atoms with Crippen LogP contribution in [0.5, 0.6) is 0 Å². The fraction of sp³-hybridized carbons (Fsp3) is 0.409. The lowest BCUT2D eigenvalue weighted by atomic mass is 9.82. The van der Waals surface area contributed by atoms with E-state index >= 15 is 0 Å². The van der Waals surface area contributed by atoms with Gasteiger partial charge in [-0.3, -0.25) is 0 Å². The van der Waals surface area contributed by atoms with Crippen molar-refractivity contribution < 1.29 is 40.6 Å². The van der Waals surface area contributed by atoms with Crippen LogP contribution in [-0.2, 0) is 26.6 Å². The second-order valence-electron chi connectivity index (χ2n) is 7.38. The van der Waals surface area contributed by atoms with E-state index < -0.39 is 47.7 Å². The average Bonchev–Trinajstić information content (AvgIpc) is 2.72. The van der Waals surface area contributed by atoms with E-state index in [0.717, 1.165) is 11.8 Å². The molecule has 2 aromatic rings. The molecule has 0 aliphatic carbocycles. The second-order valence-corrected chi connectivity index (χ2v) is 7.38. The van der Waals surface area contributed by atoms with Crippen molar-refractivity contribution in [1.29, 1.82) is 0 Å². The van der Waals surface area contributed by atoms with Gasteiger partial charge in [0.1, 0.15) is 6.29 Å². The third kappa shape index (κ3) is 5.46. The Morgan fingerprint density at radius 2 is 1.58 bits per heavy atom. The van der Waals surface area contributed by atoms with Crippen LogP contribution in [0.3, 0.4) is 0 Å². The van der Waals surface area contributed by atoms with Gasteiger partial charge in [-0.25, -0.2) is 0 Å². The fourth-order valence-electron chi connectivity index (χ4n) is 3.65. The molecule has 0 bridgehead atoms. The van der Waals surface area contributed by atoms with Crippen molar-refractivity contribution in [2.24, 2.45) is 5.92 Å². The van der Waals surface area contributed by atoms with Gasteiger partial charge in [-0.15, -0.1) is 0 Å². The van der Waals surface area contributed by atoms with Gasteiger partial charge in [0.05, 0.1) is 23.8 Å². The van der Waals surface area contributed by atoms with Gasteiger partial charge in [0.15, 0.2) is 6.29 Å². The Hall–Kier alpha value is -2.39. The summed E-state index contributed by atoms with van der Waals surface area (Å²) in [5.41, 5.74) is -2.38. The van der Waals surface area contributed by atoms with E-state index in [4.69, 9.17) is 9.47 Å². The Balaban J connectivity index is 1.93. The molecular formula is C22H20F6O3. The Morgan fingerprint density at radius 3 is 2.10 bits per heavy atom. The minimum atomic E-state index is -4.95. The highest BCUT2D eigenvalue weighted by atomic mass is 19.4. The van der Waals surface area contributed by atoms with Gasteiger partial charge in [-0.2, -0.15) is 26.3 Å². The summed E-state index contributed by atoms with van der Waals surface area (Å²) in [6, 6.07) is 10.2. The molecule has 1 fully saturated rings. The van der Waals surface area contributed by atoms with Crippen LogP contribution in [0, 0.1) is 5.92 Å². The minimum Gasteiger partial charge on any atom is -0.352 e. The molecule has 0 saturated carbocycles. The largest absolute Gasteiger partial charge is 0.416 e. The van der Waals surface area contributed by atoms with Gasteiger partial charge in [-0.05, 0) is 42.7 Å². The standard InChI is InChI=1S/C22H20F6O3/c1-13(16-9-17(21(23,24)25)11-18(10-16)22(26,27)28)31-20-19(14-5-3-2-4-6-14)15(12-29)7-8-30-20/h2-6,9-13,15,19-20H,7-8H2,1H3. The maximum atomic E-state index is 13.2. The molecule has 168 valence electrons. The molecule has 4 unspecified atom stereocenters. The summed E-state index contributed by atoms with van der Waals surface area (Å²) in [6.07, 6.45) is -10.9. The van der Waals surface area contributed by atoms with Crippen molar-refractivity contribution in [3.63, 3.8) is 0 Å². The Kier molecular flexibility index (Phi) is 6.76. The molecule has 4 atom stereocenters. The van der Waals surface area contributed by atoms with E-state index in [9.17, 15) is 31.1 Å². The van der Waals surface area contributed by atoms with Gasteiger partial charge < -0.3 is 14.3 Å². The number of alkyl halides is 6. The average molecular weight is 446 g/mol. The van der Waals surface area contributed by atoms with Crippen molar-refractivity contribution in [3.8, 4) is 0 Å². The van der Waals surface area contributed by atoms with E-state index in [1.54, 1.807) is 30.3 Å². The van der Waals surface area contributed by atoms with Crippen molar-refractivity contribution in [2.45, 2.75) is 44.0 Å². The molecule has 2 aromatic carbocycles. The zero-order chi connectivity index (χ0) is 22.8. The lowest BCUT2D eigenvalue weighted by Gasteiger charge is -2.37. The van der Waals surface area contributed by atoms with Crippen LogP contribution in [0.15, 0.2) is 48.5 Å². The van der Waals surface area contributed by atoms with Crippen LogP contribution in [-0.4, -0.2) is 19.2 Å². The number of halogens is 6. The number of carbonyl (C=O) groups is 1. The molecule has 1 saturated heterocycles. The normalized spacial score (nSPS) is 23.4. The molecule has 3 nitrogen and oxygen atoms in total. The summed E-state index contributed by atoms with van der Waals surface area (Å²) in [4.78, 5) is 11.6. The molecule has 9 heteroatoms. The van der Waals surface area contributed by atoms with Gasteiger partial charge >= 0.3 is 12.4 Å². The molecule has 0 amide bonds. The van der Waals surface area contributed by atoms with Crippen molar-refractivity contribution in [1.82, 2.24) is 0 Å². The maximum absolute atomic E-state index is 13.2. The number of benzene rings is 2. The zero-order valence-corrected chi connectivity index (χ0v) is 16.4. The first-order valence-corrected chi connectivity index (χ1v) is 9.57. The Morgan fingerprint density at radius 1 is 1.00 bits per heavy atom. The molecule has 1 heterocycles. The van der Waals surface area contributed by atoms with Crippen LogP contribution >= 0.6 is 0 Å². The van der Waals surface area contributed by atoms with E-state index in [-0.39, 0.29) is 18.2 Å². The SMILES string of the molecule is CC(OC1OCCC(C=O)C1c1ccccc1)c1cc(C(F)(F)F)cc(C(F)(F)F)c1. The van der Waals surface area contributed by atoms with Crippen molar-refractivity contribution in [2.75, 3.05) is 6.61 Å². The number of rotatable bonds is 5. The number of hydrogen-bond acceptors (Lipinski definition) is 3. The summed E-state index contributed by atoms with van der Waals surface area (Å²) in [5.74, 6) is -0.997. The van der Waals surface area contributed by atoms with E-state index in [1.807, 2.05) is 0 Å². The monoisotopic (exact) mass is 446 g/mol. The first-order valence-electron chi connectivity index (χ1n) is 9.57. The first kappa shape index (κ1) is 23.3. The fourth-order valence-corrected chi connectivity index (χ4v) is 3.65. The van der Waals surface area contributed by atoms with Gasteiger partial charge in [0, 0.05) is 11.8 Å². The van der Waals surface area contributed by atoms with Crippen LogP contribution in [0.25, 0.3) is 0 Å². The molecule has 1 aliphatic heterocycles. The topological polar surface area (TPSA) is 35.5 Å². The van der Waals surface area contributed by atoms with Crippen molar-refractivity contribution >= 4 is 6.29 Å². The smallest absolute Gasteiger partial charge is 0.352 e. The quantitative estimate of drug-likeness (QED) is 0.409. The molecule has 0 radical (unpaired) electrons. The van der Waals surface area contributed by atoms with Crippen molar-refractivity contribution in [3.05, 3.63) is 70.8 Å². The predicted octanol–water partition coefficient (Wildman–Crippen LogP) is 6.15. The molecule has 0 spiro atoms. The summed E-state index contributed by atoms with van der Waals surface area (Å²) < 4.78 is 90.4. The summed E-state index contributed by atoms with van der Waals surface area (Å²) in [5, 5.41) is 0. The van der Waals surface area contributed by atoms with Gasteiger partial charge in [0.25, 0.3) is 0 Å². The van der Waals surface area contributed by atoms with Crippen LogP contribution in [0.1, 0.15) is 47.6 Å². The highest BCUT2D eigenvalue weighted by Crippen LogP contribution is 2.40. The summed E-state index contributed by atoms with van der Waals surface area (Å²) in [7, 11) is 0. The second kappa shape index (κ2) is 9.00. The summed E-state index contributed by atoms with van der Waals surface area (Å²) in [6.45, 7) is 1.53. The number of carbonyl (C=O) groups excluding carboxylic acids is 1. The van der Waals surface area contributed by atoms with Gasteiger partial charge in [0.2, 0.25) is 0 Å². The number of aldehydes is 1. The molecule has 3 rings (SSSR count). The highest BCUT2D eigenvalue weighted by Gasteiger charge is 2.39. The third-order valence-corrected chi connectivity index (χ3v) is 5.26. The number of hydrogen-bond donors (Lipinski definition) is 0. The van der Waals surface area contributed by atoms with Gasteiger partial charge in [-0.1, -0.05) is 30.3 Å². The lowest BCUT2D eigenvalue weighted by molar-refractivity contribution is -0.207. The molecule has 31 heavy (non-hydrogen) atoms. The number of ether oxygens (including phenoxy) is 2. The van der Waals surface area contributed by atoms with Crippen LogP contribution < -0.4 is 0 Å². The maximum Gasteiger partial charge on any atom is 0.416 e. The highest BCUT2D eigenvalue weighted by molar-refractivity contribution is 5.56. The third-order valence-electron chi connectivity index (χ3n) is 5.26. The van der Waals surface area contributed by atoms with E-state index in [1.165, 1.54) is 6.92 Å². The molecule has 0 N–H and O–H groups in total. The molecule has 1 aliphatic rings. The Bertz CT molecular complexity index is 862. The molecular weight excluding hydrogens is 426 g/mol. The van der Waals surface area contributed by atoms with E-state index in [2.05, 4.69) is 0 Å². The minimum absolute atomic E-state index is 0.0719. The molecule has 0 aromatic heterocycles.